The Morgan fingerprint density at radius 3 is 1.94 bits per heavy atom. The molecule has 0 aromatic heterocycles. The van der Waals surface area contributed by atoms with Gasteiger partial charge in [-0.25, -0.2) is 0 Å². The van der Waals surface area contributed by atoms with E-state index in [1.165, 1.54) is 0 Å². The Kier molecular flexibility index (Phi) is 9.74. The molecule has 0 aliphatic heterocycles. The maximum absolute atomic E-state index is 12.1. The average Bonchev–Trinajstić information content (AvgIpc) is 2.69. The van der Waals surface area contributed by atoms with Crippen molar-refractivity contribution in [3.05, 3.63) is 54.1 Å². The van der Waals surface area contributed by atoms with Crippen molar-refractivity contribution in [2.24, 2.45) is 0 Å². The first-order chi connectivity index (χ1) is 14.7. The Hall–Kier alpha value is -2.15. The van der Waals surface area contributed by atoms with Gasteiger partial charge in [-0.3, -0.25) is 4.79 Å². The molecule has 2 aromatic carbocycles. The molecular weight excluding hydrogens is 406 g/mol. The molecule has 0 atom stereocenters. The number of anilines is 1. The second-order valence-corrected chi connectivity index (χ2v) is 11.8. The molecule has 0 spiro atoms. The number of rotatable bonds is 12. The molecule has 31 heavy (non-hydrogen) atoms. The molecule has 0 aliphatic rings. The van der Waals surface area contributed by atoms with Gasteiger partial charge in [0.15, 0.2) is 0 Å². The van der Waals surface area contributed by atoms with Gasteiger partial charge in [0.25, 0.3) is 0 Å². The predicted octanol–water partition coefficient (Wildman–Crippen LogP) is 5.72. The Labute approximate surface area is 188 Å². The summed E-state index contributed by atoms with van der Waals surface area (Å²) in [5, 5.41) is 0. The minimum absolute atomic E-state index is 0.129. The van der Waals surface area contributed by atoms with Gasteiger partial charge in [0, 0.05) is 24.3 Å². The highest BCUT2D eigenvalue weighted by Crippen LogP contribution is 2.22. The second-order valence-electron chi connectivity index (χ2n) is 8.61. The van der Waals surface area contributed by atoms with Crippen LogP contribution < -0.4 is 5.73 Å². The Morgan fingerprint density at radius 1 is 0.903 bits per heavy atom. The molecule has 0 aliphatic carbocycles. The fourth-order valence-corrected chi connectivity index (χ4v) is 6.65. The lowest BCUT2D eigenvalue weighted by atomic mass is 10.0. The van der Waals surface area contributed by atoms with E-state index in [2.05, 4.69) is 30.8 Å². The highest BCUT2D eigenvalue weighted by atomic mass is 28.4. The van der Waals surface area contributed by atoms with E-state index in [4.69, 9.17) is 19.3 Å². The molecule has 0 fully saturated rings. The quantitative estimate of drug-likeness (QED) is 0.196. The summed E-state index contributed by atoms with van der Waals surface area (Å²) >= 11 is 0. The molecule has 0 heterocycles. The molecular formula is C25H37NO4Si. The molecule has 0 amide bonds. The summed E-state index contributed by atoms with van der Waals surface area (Å²) in [5.41, 5.74) is 9.87. The van der Waals surface area contributed by atoms with Crippen LogP contribution in [0.1, 0.15) is 46.1 Å². The third-order valence-electron chi connectivity index (χ3n) is 4.82. The molecule has 0 unspecified atom stereocenters. The molecule has 2 rings (SSSR count). The highest BCUT2D eigenvalue weighted by molar-refractivity contribution is 6.66. The number of ether oxygens (including phenoxy) is 1. The van der Waals surface area contributed by atoms with Crippen molar-refractivity contribution < 1.29 is 18.4 Å². The lowest BCUT2D eigenvalue weighted by Gasteiger charge is -2.31. The first kappa shape index (κ1) is 25.1. The topological polar surface area (TPSA) is 70.8 Å². The highest BCUT2D eigenvalue weighted by Gasteiger charge is 2.33. The molecule has 0 radical (unpaired) electrons. The van der Waals surface area contributed by atoms with Gasteiger partial charge in [0.1, 0.15) is 0 Å². The third-order valence-corrected chi connectivity index (χ3v) is 8.03. The zero-order valence-corrected chi connectivity index (χ0v) is 20.5. The van der Waals surface area contributed by atoms with Gasteiger partial charge in [-0.15, -0.1) is 0 Å². The SMILES string of the molecule is CC(C)O[Si](C)(CCCOC(=O)CCc1ccc(-c2ccc(N)cc2)cc1)OC(C)C. The van der Waals surface area contributed by atoms with Gasteiger partial charge in [-0.05, 0) is 82.0 Å². The maximum Gasteiger partial charge on any atom is 0.335 e. The van der Waals surface area contributed by atoms with E-state index in [1.54, 1.807) is 0 Å². The van der Waals surface area contributed by atoms with Crippen LogP contribution in [0.4, 0.5) is 5.69 Å². The van der Waals surface area contributed by atoms with Crippen molar-refractivity contribution >= 4 is 20.2 Å². The lowest BCUT2D eigenvalue weighted by molar-refractivity contribution is -0.143. The van der Waals surface area contributed by atoms with Gasteiger partial charge in [0.05, 0.1) is 6.61 Å². The zero-order chi connectivity index (χ0) is 22.9. The number of hydrogen-bond donors (Lipinski definition) is 1. The fourth-order valence-electron chi connectivity index (χ4n) is 3.58. The van der Waals surface area contributed by atoms with Crippen LogP contribution in [0, 0.1) is 0 Å². The Morgan fingerprint density at radius 2 is 1.42 bits per heavy atom. The van der Waals surface area contributed by atoms with E-state index >= 15 is 0 Å². The maximum atomic E-state index is 12.1. The number of carbonyl (C=O) groups excluding carboxylic acids is 1. The molecule has 6 heteroatoms. The van der Waals surface area contributed by atoms with Crippen molar-refractivity contribution in [3.63, 3.8) is 0 Å². The van der Waals surface area contributed by atoms with E-state index in [0.717, 1.165) is 34.8 Å². The molecule has 0 saturated carbocycles. The fraction of sp³-hybridized carbons (Fsp3) is 0.480. The number of benzene rings is 2. The van der Waals surface area contributed by atoms with Gasteiger partial charge >= 0.3 is 14.5 Å². The van der Waals surface area contributed by atoms with Crippen molar-refractivity contribution in [1.29, 1.82) is 0 Å². The van der Waals surface area contributed by atoms with E-state index < -0.39 is 8.56 Å². The van der Waals surface area contributed by atoms with Crippen LogP contribution in [0.25, 0.3) is 11.1 Å². The van der Waals surface area contributed by atoms with Crippen LogP contribution in [0.2, 0.25) is 12.6 Å². The first-order valence-electron chi connectivity index (χ1n) is 11.1. The number of hydrogen-bond acceptors (Lipinski definition) is 5. The van der Waals surface area contributed by atoms with Crippen LogP contribution in [0.5, 0.6) is 0 Å². The van der Waals surface area contributed by atoms with Crippen molar-refractivity contribution in [2.45, 2.75) is 71.8 Å². The summed E-state index contributed by atoms with van der Waals surface area (Å²) in [6, 6.07) is 16.9. The van der Waals surface area contributed by atoms with Crippen LogP contribution in [-0.4, -0.2) is 33.3 Å². The minimum atomic E-state index is -2.25. The molecule has 0 bridgehead atoms. The van der Waals surface area contributed by atoms with Crippen LogP contribution in [0.3, 0.4) is 0 Å². The van der Waals surface area contributed by atoms with E-state index in [9.17, 15) is 4.79 Å². The van der Waals surface area contributed by atoms with Crippen LogP contribution in [-0.2, 0) is 24.8 Å². The smallest absolute Gasteiger partial charge is 0.335 e. The van der Waals surface area contributed by atoms with Gasteiger partial charge in [-0.2, -0.15) is 0 Å². The van der Waals surface area contributed by atoms with Gasteiger partial charge < -0.3 is 19.3 Å². The zero-order valence-electron chi connectivity index (χ0n) is 19.5. The minimum Gasteiger partial charge on any atom is -0.466 e. The summed E-state index contributed by atoms with van der Waals surface area (Å²) in [7, 11) is -2.25. The number of aryl methyl sites for hydroxylation is 1. The normalized spacial score (nSPS) is 11.8. The van der Waals surface area contributed by atoms with Crippen LogP contribution in [0.15, 0.2) is 48.5 Å². The predicted molar refractivity (Wildman–Crippen MR) is 129 cm³/mol. The monoisotopic (exact) mass is 443 g/mol. The molecule has 2 aromatic rings. The molecule has 2 N–H and O–H groups in total. The van der Waals surface area contributed by atoms with Gasteiger partial charge in [-0.1, -0.05) is 36.4 Å². The standard InChI is InChI=1S/C25H37NO4Si/c1-19(2)29-31(5,30-20(3)4)18-6-17-28-25(27)16-9-21-7-10-22(11-8-21)23-12-14-24(26)15-13-23/h7-8,10-15,19-20H,6,9,16-18,26H2,1-5H3. The van der Waals surface area contributed by atoms with Crippen molar-refractivity contribution in [3.8, 4) is 11.1 Å². The first-order valence-corrected chi connectivity index (χ1v) is 13.7. The average molecular weight is 444 g/mol. The Balaban J connectivity index is 1.73. The van der Waals surface area contributed by atoms with Gasteiger partial charge in [0.2, 0.25) is 0 Å². The largest absolute Gasteiger partial charge is 0.466 e. The van der Waals surface area contributed by atoms with Crippen molar-refractivity contribution in [1.82, 2.24) is 0 Å². The van der Waals surface area contributed by atoms with E-state index in [1.807, 2.05) is 52.0 Å². The summed E-state index contributed by atoms with van der Waals surface area (Å²) < 4.78 is 17.6. The number of carbonyl (C=O) groups is 1. The summed E-state index contributed by atoms with van der Waals surface area (Å²) in [5.74, 6) is -0.166. The van der Waals surface area contributed by atoms with E-state index in [-0.39, 0.29) is 18.2 Å². The Bertz CT molecular complexity index is 793. The lowest BCUT2D eigenvalue weighted by Crippen LogP contribution is -2.43. The van der Waals surface area contributed by atoms with E-state index in [0.29, 0.717) is 19.4 Å². The molecule has 5 nitrogen and oxygen atoms in total. The summed E-state index contributed by atoms with van der Waals surface area (Å²) in [6.45, 7) is 10.6. The summed E-state index contributed by atoms with van der Waals surface area (Å²) in [4.78, 5) is 12.1. The molecule has 170 valence electrons. The number of nitrogen functional groups attached to an aromatic ring is 1. The summed E-state index contributed by atoms with van der Waals surface area (Å²) in [6.07, 6.45) is 2.06. The third kappa shape index (κ3) is 9.25. The number of esters is 1. The van der Waals surface area contributed by atoms with Crippen molar-refractivity contribution in [2.75, 3.05) is 12.3 Å². The number of nitrogens with two attached hydrogens (primary N) is 1. The second kappa shape index (κ2) is 12.0. The molecule has 0 saturated heterocycles. The van der Waals surface area contributed by atoms with Crippen LogP contribution >= 0.6 is 0 Å².